The van der Waals surface area contributed by atoms with E-state index >= 15 is 0 Å². The highest BCUT2D eigenvalue weighted by Gasteiger charge is 1.77. The van der Waals surface area contributed by atoms with Crippen molar-refractivity contribution in [3.05, 3.63) is 12.0 Å². The van der Waals surface area contributed by atoms with Crippen LogP contribution in [0.15, 0.2) is 12.0 Å². The Kier molecular flexibility index (Phi) is 6.17. The Hall–Kier alpha value is 0.0900. The summed E-state index contributed by atoms with van der Waals surface area (Å²) in [6.07, 6.45) is 2.61. The fourth-order valence-corrected chi connectivity index (χ4v) is 0.933. The molecule has 0 amide bonds. The highest BCUT2D eigenvalue weighted by Crippen LogP contribution is 2.02. The quantitative estimate of drug-likeness (QED) is 0.509. The number of unbranched alkanes of at least 4 members (excludes halogenated alkanes) is 1. The van der Waals surface area contributed by atoms with E-state index in [9.17, 15) is 0 Å². The second-order valence-electron chi connectivity index (χ2n) is 1.39. The van der Waals surface area contributed by atoms with Gasteiger partial charge in [0.05, 0.1) is 0 Å². The lowest BCUT2D eigenvalue weighted by atomic mass is 10.4. The summed E-state index contributed by atoms with van der Waals surface area (Å²) in [5.41, 5.74) is 0. The molecule has 7 heavy (non-hydrogen) atoms. The average Bonchev–Trinajstić information content (AvgIpc) is 1.69. The van der Waals surface area contributed by atoms with E-state index in [1.54, 1.807) is 11.8 Å². The molecule has 0 N–H and O–H groups in total. The zero-order valence-corrected chi connectivity index (χ0v) is 5.63. The normalized spacial score (nSPS) is 8.71. The third-order valence-electron chi connectivity index (χ3n) is 0.734. The lowest BCUT2D eigenvalue weighted by molar-refractivity contribution is 0.898. The molecule has 0 spiro atoms. The molecule has 0 atom stereocenters. The van der Waals surface area contributed by atoms with Crippen molar-refractivity contribution in [1.29, 1.82) is 0 Å². The topological polar surface area (TPSA) is 0 Å². The first-order valence-corrected chi connectivity index (χ1v) is 3.69. The van der Waals surface area contributed by atoms with Crippen LogP contribution in [0.3, 0.4) is 0 Å². The Labute approximate surface area is 50.0 Å². The van der Waals surface area contributed by atoms with Crippen molar-refractivity contribution in [3.63, 3.8) is 0 Å². The molecule has 0 unspecified atom stereocenters. The van der Waals surface area contributed by atoms with E-state index in [2.05, 4.69) is 13.5 Å². The van der Waals surface area contributed by atoms with Crippen LogP contribution in [0.25, 0.3) is 0 Å². The third-order valence-corrected chi connectivity index (χ3v) is 1.49. The largest absolute Gasteiger partial charge is 0.135 e. The molecule has 0 rings (SSSR count). The second-order valence-corrected chi connectivity index (χ2v) is 2.47. The SMILES string of the molecule is C=CSCCCC. The smallest absolute Gasteiger partial charge is 0.00263 e. The fraction of sp³-hybridized carbons (Fsp3) is 0.667. The predicted molar refractivity (Wildman–Crippen MR) is 37.6 cm³/mol. The van der Waals surface area contributed by atoms with Crippen LogP contribution in [0, 0.1) is 0 Å². The number of hydrogen-bond acceptors (Lipinski definition) is 1. The van der Waals surface area contributed by atoms with Gasteiger partial charge in [0, 0.05) is 0 Å². The van der Waals surface area contributed by atoms with E-state index < -0.39 is 0 Å². The zero-order chi connectivity index (χ0) is 5.54. The van der Waals surface area contributed by atoms with Gasteiger partial charge in [0.2, 0.25) is 0 Å². The molecule has 0 saturated carbocycles. The van der Waals surface area contributed by atoms with Crippen molar-refractivity contribution >= 4 is 11.8 Å². The highest BCUT2D eigenvalue weighted by molar-refractivity contribution is 8.02. The summed E-state index contributed by atoms with van der Waals surface area (Å²) >= 11 is 1.80. The Balaban J connectivity index is 2.56. The molecule has 0 aromatic heterocycles. The summed E-state index contributed by atoms with van der Waals surface area (Å²) in [6.45, 7) is 5.79. The van der Waals surface area contributed by atoms with Crippen LogP contribution < -0.4 is 0 Å². The summed E-state index contributed by atoms with van der Waals surface area (Å²) < 4.78 is 0. The van der Waals surface area contributed by atoms with Gasteiger partial charge in [-0.1, -0.05) is 19.9 Å². The summed E-state index contributed by atoms with van der Waals surface area (Å²) in [5, 5.41) is 1.90. The highest BCUT2D eigenvalue weighted by atomic mass is 32.2. The molecule has 0 aliphatic heterocycles. The molecule has 1 heteroatoms. The van der Waals surface area contributed by atoms with E-state index in [0.717, 1.165) is 0 Å². The zero-order valence-electron chi connectivity index (χ0n) is 4.81. The summed E-state index contributed by atoms with van der Waals surface area (Å²) in [5.74, 6) is 1.24. The fourth-order valence-electron chi connectivity index (χ4n) is 0.311. The maximum atomic E-state index is 3.60. The molecule has 0 aromatic rings. The molecule has 0 aliphatic carbocycles. The Morgan fingerprint density at radius 1 is 1.71 bits per heavy atom. The van der Waals surface area contributed by atoms with Gasteiger partial charge in [0.1, 0.15) is 0 Å². The van der Waals surface area contributed by atoms with Crippen LogP contribution in [-0.4, -0.2) is 5.75 Å². The summed E-state index contributed by atoms with van der Waals surface area (Å²) in [4.78, 5) is 0. The van der Waals surface area contributed by atoms with Gasteiger partial charge in [-0.05, 0) is 17.6 Å². The lowest BCUT2D eigenvalue weighted by Crippen LogP contribution is -1.70. The monoisotopic (exact) mass is 116 g/mol. The van der Waals surface area contributed by atoms with Crippen LogP contribution in [0.1, 0.15) is 19.8 Å². The maximum absolute atomic E-state index is 3.60. The number of rotatable bonds is 4. The van der Waals surface area contributed by atoms with E-state index in [-0.39, 0.29) is 0 Å². The van der Waals surface area contributed by atoms with E-state index in [0.29, 0.717) is 0 Å². The molecule has 0 nitrogen and oxygen atoms in total. The van der Waals surface area contributed by atoms with Gasteiger partial charge in [0.25, 0.3) is 0 Å². The Morgan fingerprint density at radius 3 is 2.86 bits per heavy atom. The molecule has 0 radical (unpaired) electrons. The minimum atomic E-state index is 1.24. The first kappa shape index (κ1) is 7.09. The van der Waals surface area contributed by atoms with Crippen molar-refractivity contribution in [2.75, 3.05) is 5.75 Å². The molecule has 0 heterocycles. The molecule has 0 aromatic carbocycles. The van der Waals surface area contributed by atoms with Crippen molar-refractivity contribution in [2.45, 2.75) is 19.8 Å². The Bertz CT molecular complexity index is 41.4. The lowest BCUT2D eigenvalue weighted by Gasteiger charge is -1.87. The van der Waals surface area contributed by atoms with E-state index in [1.165, 1.54) is 18.6 Å². The van der Waals surface area contributed by atoms with Crippen LogP contribution >= 0.6 is 11.8 Å². The molecular formula is C6H12S. The van der Waals surface area contributed by atoms with Crippen molar-refractivity contribution in [1.82, 2.24) is 0 Å². The van der Waals surface area contributed by atoms with E-state index in [4.69, 9.17) is 0 Å². The van der Waals surface area contributed by atoms with Gasteiger partial charge in [-0.3, -0.25) is 0 Å². The average molecular weight is 116 g/mol. The maximum Gasteiger partial charge on any atom is -0.00263 e. The molecular weight excluding hydrogens is 104 g/mol. The number of thioether (sulfide) groups is 1. The van der Waals surface area contributed by atoms with Crippen molar-refractivity contribution in [2.24, 2.45) is 0 Å². The standard InChI is InChI=1S/C6H12S/c1-3-5-6-7-4-2/h4H,2-3,5-6H2,1H3. The Morgan fingerprint density at radius 2 is 2.43 bits per heavy atom. The number of hydrogen-bond donors (Lipinski definition) is 0. The van der Waals surface area contributed by atoms with E-state index in [1.807, 2.05) is 5.41 Å². The third kappa shape index (κ3) is 6.09. The van der Waals surface area contributed by atoms with Crippen LogP contribution in [0.4, 0.5) is 0 Å². The molecule has 42 valence electrons. The summed E-state index contributed by atoms with van der Waals surface area (Å²) in [6, 6.07) is 0. The van der Waals surface area contributed by atoms with Crippen LogP contribution in [-0.2, 0) is 0 Å². The van der Waals surface area contributed by atoms with Gasteiger partial charge < -0.3 is 0 Å². The molecule has 0 bridgehead atoms. The van der Waals surface area contributed by atoms with Gasteiger partial charge in [0.15, 0.2) is 0 Å². The van der Waals surface area contributed by atoms with Gasteiger partial charge in [-0.15, -0.1) is 11.8 Å². The molecule has 0 fully saturated rings. The minimum absolute atomic E-state index is 1.24. The predicted octanol–water partition coefficient (Wildman–Crippen LogP) is 2.66. The van der Waals surface area contributed by atoms with Gasteiger partial charge in [-0.25, -0.2) is 0 Å². The first-order valence-electron chi connectivity index (χ1n) is 2.64. The van der Waals surface area contributed by atoms with Crippen molar-refractivity contribution < 1.29 is 0 Å². The second kappa shape index (κ2) is 6.09. The van der Waals surface area contributed by atoms with Gasteiger partial charge in [-0.2, -0.15) is 0 Å². The molecule has 0 aliphatic rings. The minimum Gasteiger partial charge on any atom is -0.135 e. The van der Waals surface area contributed by atoms with Crippen LogP contribution in [0.5, 0.6) is 0 Å². The van der Waals surface area contributed by atoms with Gasteiger partial charge >= 0.3 is 0 Å². The van der Waals surface area contributed by atoms with Crippen LogP contribution in [0.2, 0.25) is 0 Å². The summed E-state index contributed by atoms with van der Waals surface area (Å²) in [7, 11) is 0. The first-order chi connectivity index (χ1) is 3.41. The molecule has 0 saturated heterocycles. The van der Waals surface area contributed by atoms with Crippen molar-refractivity contribution in [3.8, 4) is 0 Å².